The van der Waals surface area contributed by atoms with Crippen molar-refractivity contribution in [2.45, 2.75) is 191 Å². The summed E-state index contributed by atoms with van der Waals surface area (Å²) in [6, 6.07) is 2.00. The Hall–Kier alpha value is -5.49. The van der Waals surface area contributed by atoms with Crippen molar-refractivity contribution in [1.82, 2.24) is 4.98 Å². The third kappa shape index (κ3) is 26.1. The summed E-state index contributed by atoms with van der Waals surface area (Å²) in [4.78, 5) is 80.7. The van der Waals surface area contributed by atoms with Crippen molar-refractivity contribution in [3.05, 3.63) is 115 Å². The molecule has 79 heavy (non-hydrogen) atoms. The van der Waals surface area contributed by atoms with Crippen molar-refractivity contribution in [3.8, 4) is 0 Å². The van der Waals surface area contributed by atoms with Crippen LogP contribution in [0, 0.1) is 23.7 Å². The molecule has 2 aliphatic rings. The Balaban J connectivity index is 1.84. The number of Topliss-reactive ketones (excluding diaryl/α,β-unsaturated/α-hetero) is 4. The molecule has 20 nitrogen and oxygen atoms in total. The van der Waals surface area contributed by atoms with Crippen LogP contribution in [0.5, 0.6) is 0 Å². The van der Waals surface area contributed by atoms with Gasteiger partial charge in [0, 0.05) is 74.7 Å². The number of ketones is 4. The molecule has 0 aliphatic carbocycles. The van der Waals surface area contributed by atoms with Crippen LogP contribution >= 0.6 is 0 Å². The molecule has 3 rings (SSSR count). The third-order valence-electron chi connectivity index (χ3n) is 13.9. The van der Waals surface area contributed by atoms with Crippen molar-refractivity contribution in [1.29, 1.82) is 0 Å². The highest BCUT2D eigenvalue weighted by molar-refractivity contribution is 5.96. The lowest BCUT2D eigenvalue weighted by Crippen LogP contribution is -2.61. The zero-order valence-electron chi connectivity index (χ0n) is 45.6. The summed E-state index contributed by atoms with van der Waals surface area (Å²) in [6.07, 6.45) is 7.80. The fraction of sp³-hybridized carbons (Fsp3) is 0.576. The molecule has 1 fully saturated rings. The largest absolute Gasteiger partial charge is 0.481 e. The number of rotatable bonds is 11. The zero-order chi connectivity index (χ0) is 58.6. The average molecular weight is 1110 g/mol. The van der Waals surface area contributed by atoms with E-state index in [0.29, 0.717) is 12.0 Å². The van der Waals surface area contributed by atoms with Crippen molar-refractivity contribution in [2.75, 3.05) is 0 Å². The summed E-state index contributed by atoms with van der Waals surface area (Å²) in [7, 11) is 0. The van der Waals surface area contributed by atoms with Gasteiger partial charge in [-0.05, 0) is 56.6 Å². The third-order valence-corrected chi connectivity index (χ3v) is 13.9. The fourth-order valence-electron chi connectivity index (χ4n) is 9.43. The second-order valence-corrected chi connectivity index (χ2v) is 20.9. The number of carboxylic acid groups (broad SMARTS) is 1. The normalized spacial score (nSPS) is 34.7. The summed E-state index contributed by atoms with van der Waals surface area (Å²) in [5.74, 6) is -6.52. The van der Waals surface area contributed by atoms with E-state index in [4.69, 9.17) is 19.9 Å². The van der Waals surface area contributed by atoms with Crippen molar-refractivity contribution in [2.24, 2.45) is 29.4 Å². The molecule has 1 saturated heterocycles. The van der Waals surface area contributed by atoms with Gasteiger partial charge in [0.1, 0.15) is 36.0 Å². The minimum absolute atomic E-state index is 0.0692. The smallest absolute Gasteiger partial charge is 0.313 e. The number of hydrogen-bond acceptors (Lipinski definition) is 19. The highest BCUT2D eigenvalue weighted by Gasteiger charge is 2.43. The molecule has 1 aromatic rings. The number of carboxylic acids is 1. The summed E-state index contributed by atoms with van der Waals surface area (Å²) in [5, 5.41) is 96.2. The summed E-state index contributed by atoms with van der Waals surface area (Å²) >= 11 is 0. The molecule has 20 heteroatoms. The van der Waals surface area contributed by atoms with E-state index < -0.39 is 147 Å². The van der Waals surface area contributed by atoms with Gasteiger partial charge in [0.25, 0.3) is 0 Å². The molecule has 438 valence electrons. The molecular weight excluding hydrogens is 1020 g/mol. The number of carbonyl (C=O) groups excluding carboxylic acids is 5. The lowest BCUT2D eigenvalue weighted by atomic mass is 9.83. The number of aliphatic carboxylic acids is 1. The van der Waals surface area contributed by atoms with E-state index >= 15 is 0 Å². The van der Waals surface area contributed by atoms with Crippen LogP contribution in [0.1, 0.15) is 122 Å². The molecular formula is C59H84N2O18. The maximum Gasteiger partial charge on any atom is 0.313 e. The van der Waals surface area contributed by atoms with Gasteiger partial charge in [-0.15, -0.1) is 0 Å². The van der Waals surface area contributed by atoms with E-state index in [2.05, 4.69) is 4.98 Å². The van der Waals surface area contributed by atoms with E-state index in [0.717, 1.165) is 0 Å². The molecule has 3 heterocycles. The minimum Gasteiger partial charge on any atom is -0.481 e. The highest BCUT2D eigenvalue weighted by atomic mass is 16.7. The van der Waals surface area contributed by atoms with Gasteiger partial charge in [-0.1, -0.05) is 106 Å². The number of allylic oxidation sites excluding steroid dienone is 12. The van der Waals surface area contributed by atoms with Crippen LogP contribution < -0.4 is 5.73 Å². The summed E-state index contributed by atoms with van der Waals surface area (Å²) in [6.45, 7) is 7.05. The molecule has 11 N–H and O–H groups in total. The molecule has 0 saturated carbocycles. The molecule has 0 spiro atoms. The lowest BCUT2D eigenvalue weighted by molar-refractivity contribution is -0.277. The van der Waals surface area contributed by atoms with Gasteiger partial charge >= 0.3 is 11.9 Å². The Morgan fingerprint density at radius 1 is 0.709 bits per heavy atom. The Morgan fingerprint density at radius 2 is 1.25 bits per heavy atom. The number of carbonyl (C=O) groups is 6. The number of hydrogen-bond donors (Lipinski definition) is 10. The van der Waals surface area contributed by atoms with E-state index in [1.54, 1.807) is 85.0 Å². The van der Waals surface area contributed by atoms with Gasteiger partial charge in [-0.25, -0.2) is 0 Å². The molecule has 2 aliphatic heterocycles. The standard InChI is InChI=1S/C59H84N2O18/c1-36-18-15-13-11-9-7-5-6-8-10-12-14-16-21-47(78-59-57(76)55(60)56(75)39(4)77-59)33-52(71)48(34-53(72)73)51(70)31-46(67)30-45(66)29-44(65)28-43(64)27-41(62)19-17-20-42(63)32-54(74)79-58(36)38(3)26-37(2)49(68)35-50(69)40-22-24-61-25-23-40/h5-16,18,21-25,36-39,43-45,47-49,51-52,55-59,64-66,68,70-71,75-76H,17,19-20,26-35,60H2,1-4H3,(H,72,73)/b6-5+,9-7+,10-8+,13-11+,14-12+,18-15+,21-16+/t36-,37-,38+,39+,43-,44+,45+,47-,48-,49-,51-,52+,55-,56+,57+,58+,59-/m1/s1. The highest BCUT2D eigenvalue weighted by Crippen LogP contribution is 2.29. The molecule has 17 atom stereocenters. The number of pyridine rings is 1. The Kier molecular flexibility index (Phi) is 30.9. The quantitative estimate of drug-likeness (QED) is 0.0855. The molecule has 0 amide bonds. The lowest BCUT2D eigenvalue weighted by Gasteiger charge is -2.41. The number of ether oxygens (including phenoxy) is 3. The average Bonchev–Trinajstić information content (AvgIpc) is 3.37. The van der Waals surface area contributed by atoms with Crippen LogP contribution in [-0.4, -0.2) is 165 Å². The summed E-state index contributed by atoms with van der Waals surface area (Å²) < 4.78 is 17.6. The SMILES string of the molecule is C[C@@H]1/C=C/C=C/C=C/C=C/C=C/C=C/C=C/[C@@H](O[C@H]2O[C@@H](C)[C@H](O)[C@@H](N)[C@@H]2O)C[C@H](O)[C@H](CC(=O)O)[C@H](O)CC(=O)C[C@@H](O)C[C@@H](O)C[C@H](O)CC(=O)CCCC(=O)CC(=O)O[C@@H]1[C@@H](C)C[C@@H](C)[C@H](O)CC(=O)c1ccncc1. The first kappa shape index (κ1) is 67.8. The van der Waals surface area contributed by atoms with Crippen molar-refractivity contribution in [3.63, 3.8) is 0 Å². The van der Waals surface area contributed by atoms with Crippen LogP contribution in [0.2, 0.25) is 0 Å². The second-order valence-electron chi connectivity index (χ2n) is 20.9. The van der Waals surface area contributed by atoms with Crippen molar-refractivity contribution < 1.29 is 88.9 Å². The number of aliphatic hydroxyl groups excluding tert-OH is 8. The van der Waals surface area contributed by atoms with Gasteiger partial charge in [-0.2, -0.15) is 0 Å². The van der Waals surface area contributed by atoms with E-state index in [1.807, 2.05) is 26.8 Å². The van der Waals surface area contributed by atoms with E-state index in [9.17, 15) is 74.7 Å². The Bertz CT molecular complexity index is 2280. The fourth-order valence-corrected chi connectivity index (χ4v) is 9.43. The first-order valence-electron chi connectivity index (χ1n) is 27.0. The maximum atomic E-state index is 13.3. The Labute approximate surface area is 462 Å². The van der Waals surface area contributed by atoms with Gasteiger partial charge in [0.15, 0.2) is 12.1 Å². The maximum absolute atomic E-state index is 13.3. The van der Waals surface area contributed by atoms with Gasteiger partial charge in [0.2, 0.25) is 0 Å². The topological polar surface area (TPSA) is 351 Å². The predicted molar refractivity (Wildman–Crippen MR) is 291 cm³/mol. The first-order chi connectivity index (χ1) is 37.4. The van der Waals surface area contributed by atoms with E-state index in [-0.39, 0.29) is 68.5 Å². The predicted octanol–water partition coefficient (Wildman–Crippen LogP) is 3.82. The molecule has 0 unspecified atom stereocenters. The molecule has 0 radical (unpaired) electrons. The van der Waals surface area contributed by atoms with Crippen molar-refractivity contribution >= 4 is 35.1 Å². The number of cyclic esters (lactones) is 1. The van der Waals surface area contributed by atoms with Crippen LogP contribution in [0.15, 0.2) is 110 Å². The van der Waals surface area contributed by atoms with Crippen LogP contribution in [0.25, 0.3) is 0 Å². The zero-order valence-corrected chi connectivity index (χ0v) is 45.6. The molecule has 1 aromatic heterocycles. The Morgan fingerprint density at radius 3 is 1.84 bits per heavy atom. The van der Waals surface area contributed by atoms with Crippen LogP contribution in [0.3, 0.4) is 0 Å². The van der Waals surface area contributed by atoms with Gasteiger partial charge in [0.05, 0.1) is 67.4 Å². The van der Waals surface area contributed by atoms with Gasteiger partial charge < -0.3 is 65.9 Å². The monoisotopic (exact) mass is 1110 g/mol. The molecule has 0 aromatic carbocycles. The van der Waals surface area contributed by atoms with Crippen LogP contribution in [0.4, 0.5) is 0 Å². The van der Waals surface area contributed by atoms with E-state index in [1.165, 1.54) is 25.4 Å². The van der Waals surface area contributed by atoms with Gasteiger partial charge in [-0.3, -0.25) is 33.8 Å². The number of nitrogens with two attached hydrogens (primary N) is 1. The first-order valence-corrected chi connectivity index (χ1v) is 27.0. The number of aliphatic hydroxyl groups is 8. The second kappa shape index (κ2) is 36.0. The number of esters is 1. The van der Waals surface area contributed by atoms with Crippen LogP contribution in [-0.2, 0) is 38.2 Å². The summed E-state index contributed by atoms with van der Waals surface area (Å²) in [5.41, 5.74) is 6.44. The number of nitrogens with zero attached hydrogens (tertiary/aromatic N) is 1. The minimum atomic E-state index is -1.72. The molecule has 0 bridgehead atoms. The number of aromatic nitrogens is 1.